The number of likely N-dealkylation sites (tertiary alicyclic amines) is 1. The molecule has 1 heterocycles. The molecule has 1 amide bonds. The van der Waals surface area contributed by atoms with Gasteiger partial charge in [-0.3, -0.25) is 9.69 Å². The van der Waals surface area contributed by atoms with Crippen LogP contribution in [-0.4, -0.2) is 52.5 Å². The van der Waals surface area contributed by atoms with Gasteiger partial charge in [0, 0.05) is 19.6 Å². The highest BCUT2D eigenvalue weighted by atomic mass is 32.2. The second kappa shape index (κ2) is 6.73. The molecule has 1 saturated heterocycles. The minimum absolute atomic E-state index is 0.0730. The van der Waals surface area contributed by atoms with E-state index in [2.05, 4.69) is 16.5 Å². The molecule has 104 valence electrons. The van der Waals surface area contributed by atoms with Crippen LogP contribution in [0.1, 0.15) is 26.7 Å². The summed E-state index contributed by atoms with van der Waals surface area (Å²) in [5.74, 6) is 0.101. The maximum Gasteiger partial charge on any atom is 0.237 e. The van der Waals surface area contributed by atoms with Crippen LogP contribution in [0.15, 0.2) is 0 Å². The predicted molar refractivity (Wildman–Crippen MR) is 82.0 cm³/mol. The average molecular weight is 289 g/mol. The number of likely N-dealkylation sites (N-methyl/N-ethyl adjacent to an activating group) is 1. The predicted octanol–water partition coefficient (Wildman–Crippen LogP) is 0.995. The van der Waals surface area contributed by atoms with Gasteiger partial charge in [-0.25, -0.2) is 0 Å². The fourth-order valence-corrected chi connectivity index (χ4v) is 3.56. The topological polar surface area (TPSA) is 58.4 Å². The number of thiocarbonyl (C=S) groups is 1. The smallest absolute Gasteiger partial charge is 0.237 e. The molecule has 0 radical (unpaired) electrons. The molecule has 0 bridgehead atoms. The molecule has 1 aliphatic rings. The number of piperidine rings is 1. The third-order valence-corrected chi connectivity index (χ3v) is 5.65. The van der Waals surface area contributed by atoms with Crippen LogP contribution in [-0.2, 0) is 4.79 Å². The summed E-state index contributed by atoms with van der Waals surface area (Å²) in [5.41, 5.74) is 5.85. The van der Waals surface area contributed by atoms with Crippen molar-refractivity contribution in [2.75, 3.05) is 25.9 Å². The molecule has 18 heavy (non-hydrogen) atoms. The first-order valence-electron chi connectivity index (χ1n) is 6.33. The summed E-state index contributed by atoms with van der Waals surface area (Å²) in [6.07, 6.45) is 3.91. The highest BCUT2D eigenvalue weighted by Gasteiger charge is 2.38. The van der Waals surface area contributed by atoms with Crippen LogP contribution in [0.5, 0.6) is 0 Å². The first-order chi connectivity index (χ1) is 8.46. The summed E-state index contributed by atoms with van der Waals surface area (Å²) >= 11 is 6.92. The van der Waals surface area contributed by atoms with Gasteiger partial charge in [-0.1, -0.05) is 12.2 Å². The summed E-state index contributed by atoms with van der Waals surface area (Å²) in [5, 5.41) is 2.86. The first kappa shape index (κ1) is 15.7. The van der Waals surface area contributed by atoms with Gasteiger partial charge in [-0.15, -0.1) is 0 Å². The third kappa shape index (κ3) is 3.36. The van der Waals surface area contributed by atoms with Gasteiger partial charge >= 0.3 is 0 Å². The van der Waals surface area contributed by atoms with Crippen molar-refractivity contribution in [1.82, 2.24) is 10.2 Å². The zero-order chi connectivity index (χ0) is 13.8. The van der Waals surface area contributed by atoms with Crippen molar-refractivity contribution in [3.8, 4) is 0 Å². The highest BCUT2D eigenvalue weighted by molar-refractivity contribution is 8.02. The molecule has 4 nitrogen and oxygen atoms in total. The van der Waals surface area contributed by atoms with Crippen molar-refractivity contribution in [3.05, 3.63) is 0 Å². The molecule has 0 aromatic carbocycles. The Bertz CT molecular complexity index is 314. The van der Waals surface area contributed by atoms with Crippen LogP contribution in [0.2, 0.25) is 0 Å². The number of carbonyl (C=O) groups excluding carboxylic acids is 1. The van der Waals surface area contributed by atoms with E-state index in [4.69, 9.17) is 18.0 Å². The lowest BCUT2D eigenvalue weighted by Gasteiger charge is -2.41. The summed E-state index contributed by atoms with van der Waals surface area (Å²) in [6.45, 7) is 6.32. The number of thioether (sulfide) groups is 1. The summed E-state index contributed by atoms with van der Waals surface area (Å²) < 4.78 is -0.0766. The molecule has 1 fully saturated rings. The SMILES string of the molecule is CCNC(=O)C(C)N1CCC(SC)(C(N)=S)CC1. The lowest BCUT2D eigenvalue weighted by molar-refractivity contribution is -0.126. The van der Waals surface area contributed by atoms with Crippen molar-refractivity contribution in [1.29, 1.82) is 0 Å². The largest absolute Gasteiger partial charge is 0.392 e. The number of hydrogen-bond donors (Lipinski definition) is 2. The molecule has 1 rings (SSSR count). The number of hydrogen-bond acceptors (Lipinski definition) is 4. The molecule has 6 heteroatoms. The van der Waals surface area contributed by atoms with Crippen molar-refractivity contribution in [3.63, 3.8) is 0 Å². The van der Waals surface area contributed by atoms with E-state index in [-0.39, 0.29) is 16.7 Å². The fourth-order valence-electron chi connectivity index (χ4n) is 2.31. The Morgan fingerprint density at radius 3 is 2.50 bits per heavy atom. The van der Waals surface area contributed by atoms with Crippen molar-refractivity contribution in [2.45, 2.75) is 37.5 Å². The van der Waals surface area contributed by atoms with Gasteiger partial charge in [0.1, 0.15) is 0 Å². The minimum Gasteiger partial charge on any atom is -0.392 e. The highest BCUT2D eigenvalue weighted by Crippen LogP contribution is 2.35. The Hall–Kier alpha value is -0.330. The average Bonchev–Trinajstić information content (AvgIpc) is 2.38. The van der Waals surface area contributed by atoms with Crippen molar-refractivity contribution >= 4 is 34.9 Å². The lowest BCUT2D eigenvalue weighted by Crippen LogP contribution is -2.54. The van der Waals surface area contributed by atoms with Gasteiger partial charge in [0.2, 0.25) is 5.91 Å². The number of nitrogens with one attached hydrogen (secondary N) is 1. The van der Waals surface area contributed by atoms with Crippen LogP contribution in [0.3, 0.4) is 0 Å². The van der Waals surface area contributed by atoms with Gasteiger partial charge in [-0.05, 0) is 32.9 Å². The minimum atomic E-state index is -0.0766. The molecule has 1 atom stereocenters. The van der Waals surface area contributed by atoms with Crippen LogP contribution in [0.25, 0.3) is 0 Å². The Kier molecular flexibility index (Phi) is 5.88. The van der Waals surface area contributed by atoms with Crippen LogP contribution in [0, 0.1) is 0 Å². The van der Waals surface area contributed by atoms with E-state index in [9.17, 15) is 4.79 Å². The van der Waals surface area contributed by atoms with E-state index >= 15 is 0 Å². The normalized spacial score (nSPS) is 21.3. The van der Waals surface area contributed by atoms with Crippen LogP contribution < -0.4 is 11.1 Å². The summed E-state index contributed by atoms with van der Waals surface area (Å²) in [7, 11) is 0. The second-order valence-corrected chi connectivity index (χ2v) is 6.30. The maximum absolute atomic E-state index is 11.8. The summed E-state index contributed by atoms with van der Waals surface area (Å²) in [4.78, 5) is 14.6. The monoisotopic (exact) mass is 289 g/mol. The Morgan fingerprint density at radius 2 is 2.11 bits per heavy atom. The lowest BCUT2D eigenvalue weighted by atomic mass is 9.94. The number of rotatable bonds is 5. The Balaban J connectivity index is 2.58. The van der Waals surface area contributed by atoms with E-state index in [0.29, 0.717) is 11.5 Å². The van der Waals surface area contributed by atoms with Gasteiger partial charge < -0.3 is 11.1 Å². The molecule has 0 spiro atoms. The van der Waals surface area contributed by atoms with E-state index in [0.717, 1.165) is 25.9 Å². The van der Waals surface area contributed by atoms with Crippen LogP contribution in [0.4, 0.5) is 0 Å². The van der Waals surface area contributed by atoms with Crippen molar-refractivity contribution in [2.24, 2.45) is 5.73 Å². The van der Waals surface area contributed by atoms with Crippen molar-refractivity contribution < 1.29 is 4.79 Å². The standard InChI is InChI=1S/C12H23N3OS2/c1-4-14-10(16)9(2)15-7-5-12(18-3,6-8-15)11(13)17/h9H,4-8H2,1-3H3,(H2,13,17)(H,14,16). The molecule has 0 aliphatic carbocycles. The number of carbonyl (C=O) groups is 1. The molecule has 0 aromatic rings. The molecular formula is C12H23N3OS2. The fraction of sp³-hybridized carbons (Fsp3) is 0.833. The molecule has 1 unspecified atom stereocenters. The van der Waals surface area contributed by atoms with Crippen LogP contribution >= 0.6 is 24.0 Å². The summed E-state index contributed by atoms with van der Waals surface area (Å²) in [6, 6.07) is -0.0730. The third-order valence-electron chi connectivity index (χ3n) is 3.72. The Morgan fingerprint density at radius 1 is 1.56 bits per heavy atom. The number of nitrogens with zero attached hydrogens (tertiary/aromatic N) is 1. The van der Waals surface area contributed by atoms with Gasteiger partial charge in [0.25, 0.3) is 0 Å². The molecule has 0 aromatic heterocycles. The number of nitrogens with two attached hydrogens (primary N) is 1. The van der Waals surface area contributed by atoms with E-state index in [1.165, 1.54) is 0 Å². The van der Waals surface area contributed by atoms with E-state index in [1.807, 2.05) is 13.8 Å². The number of amides is 1. The zero-order valence-electron chi connectivity index (χ0n) is 11.4. The van der Waals surface area contributed by atoms with Gasteiger partial charge in [-0.2, -0.15) is 11.8 Å². The van der Waals surface area contributed by atoms with Gasteiger partial charge in [0.15, 0.2) is 0 Å². The van der Waals surface area contributed by atoms with E-state index in [1.54, 1.807) is 11.8 Å². The maximum atomic E-state index is 11.8. The zero-order valence-corrected chi connectivity index (χ0v) is 13.0. The molecule has 3 N–H and O–H groups in total. The molecular weight excluding hydrogens is 266 g/mol. The molecule has 0 saturated carbocycles. The molecule has 1 aliphatic heterocycles. The van der Waals surface area contributed by atoms with E-state index < -0.39 is 0 Å². The van der Waals surface area contributed by atoms with Gasteiger partial charge in [0.05, 0.1) is 15.8 Å². The first-order valence-corrected chi connectivity index (χ1v) is 7.97. The quantitative estimate of drug-likeness (QED) is 0.739. The Labute approximate surface area is 119 Å². The second-order valence-electron chi connectivity index (χ2n) is 4.67.